The van der Waals surface area contributed by atoms with Crippen LogP contribution in [0.1, 0.15) is 21.5 Å². The van der Waals surface area contributed by atoms with E-state index in [0.717, 1.165) is 5.56 Å². The van der Waals surface area contributed by atoms with Crippen molar-refractivity contribution in [3.8, 4) is 5.75 Å². The molecule has 3 aromatic rings. The third kappa shape index (κ3) is 6.96. The fraction of sp³-hybridized carbons (Fsp3) is 0.0870. The number of amides is 2. The van der Waals surface area contributed by atoms with Crippen LogP contribution in [0.15, 0.2) is 74.7 Å². The van der Waals surface area contributed by atoms with Crippen molar-refractivity contribution in [1.29, 1.82) is 0 Å². The Balaban J connectivity index is 1.57. The Morgan fingerprint density at radius 2 is 1.68 bits per heavy atom. The van der Waals surface area contributed by atoms with E-state index in [1.54, 1.807) is 12.1 Å². The molecule has 3 aromatic carbocycles. The predicted molar refractivity (Wildman–Crippen MR) is 135 cm³/mol. The summed E-state index contributed by atoms with van der Waals surface area (Å²) in [5, 5.41) is 17.4. The van der Waals surface area contributed by atoms with Gasteiger partial charge in [0.05, 0.1) is 20.1 Å². The molecule has 0 bridgehead atoms. The number of rotatable bonds is 8. The number of carbonyl (C=O) groups is 2. The molecule has 2 N–H and O–H groups in total. The van der Waals surface area contributed by atoms with Crippen molar-refractivity contribution in [3.63, 3.8) is 0 Å². The van der Waals surface area contributed by atoms with Crippen molar-refractivity contribution in [2.45, 2.75) is 6.92 Å². The van der Waals surface area contributed by atoms with E-state index in [0.29, 0.717) is 25.9 Å². The molecule has 0 aliphatic carbocycles. The van der Waals surface area contributed by atoms with Gasteiger partial charge in [0.15, 0.2) is 6.61 Å². The third-order valence-electron chi connectivity index (χ3n) is 4.42. The summed E-state index contributed by atoms with van der Waals surface area (Å²) in [6.45, 7) is 1.77. The number of nitro benzene ring substituents is 1. The number of nitrogens with one attached hydrogen (secondary N) is 2. The highest BCUT2D eigenvalue weighted by molar-refractivity contribution is 9.11. The van der Waals surface area contributed by atoms with Crippen LogP contribution in [-0.4, -0.2) is 29.6 Å². The number of aryl methyl sites for hydroxylation is 1. The number of nitro groups is 1. The van der Waals surface area contributed by atoms with Gasteiger partial charge in [-0.15, -0.1) is 0 Å². The van der Waals surface area contributed by atoms with Gasteiger partial charge >= 0.3 is 0 Å². The summed E-state index contributed by atoms with van der Waals surface area (Å²) in [5.74, 6) is -0.378. The Bertz CT molecular complexity index is 1220. The maximum Gasteiger partial charge on any atom is 0.271 e. The molecule has 0 aromatic heterocycles. The standard InChI is InChI=1S/C23H18Br2N4O5/c1-14-2-6-17(7-3-14)27-21(30)13-34-22-19(24)10-15(11-20(22)25)12-26-28-23(31)16-4-8-18(9-5-16)29(32)33/h2-12H,13H2,1H3,(H,27,30)(H,28,31)/b26-12+. The maximum absolute atomic E-state index is 12.2. The lowest BCUT2D eigenvalue weighted by Gasteiger charge is -2.11. The topological polar surface area (TPSA) is 123 Å². The Kier molecular flexibility index (Phi) is 8.50. The van der Waals surface area contributed by atoms with Gasteiger partial charge in [0, 0.05) is 23.4 Å². The van der Waals surface area contributed by atoms with Crippen molar-refractivity contribution >= 4 is 61.3 Å². The molecule has 11 heteroatoms. The molecule has 174 valence electrons. The molecule has 3 rings (SSSR count). The van der Waals surface area contributed by atoms with Crippen LogP contribution in [0.3, 0.4) is 0 Å². The molecule has 2 amide bonds. The van der Waals surface area contributed by atoms with Gasteiger partial charge in [0.1, 0.15) is 5.75 Å². The lowest BCUT2D eigenvalue weighted by atomic mass is 10.2. The molecule has 0 radical (unpaired) electrons. The van der Waals surface area contributed by atoms with Crippen LogP contribution < -0.4 is 15.5 Å². The largest absolute Gasteiger partial charge is 0.481 e. The molecular weight excluding hydrogens is 572 g/mol. The van der Waals surface area contributed by atoms with E-state index in [-0.39, 0.29) is 23.8 Å². The minimum absolute atomic E-state index is 0.107. The van der Waals surface area contributed by atoms with Crippen molar-refractivity contribution in [3.05, 3.63) is 96.4 Å². The van der Waals surface area contributed by atoms with Crippen LogP contribution in [0, 0.1) is 17.0 Å². The number of carbonyl (C=O) groups excluding carboxylic acids is 2. The van der Waals surface area contributed by atoms with Crippen LogP contribution in [0.25, 0.3) is 0 Å². The summed E-state index contributed by atoms with van der Waals surface area (Å²) < 4.78 is 6.79. The molecule has 0 heterocycles. The summed E-state index contributed by atoms with van der Waals surface area (Å²) in [4.78, 5) is 34.5. The normalized spacial score (nSPS) is 10.7. The first-order chi connectivity index (χ1) is 16.2. The molecule has 0 spiro atoms. The van der Waals surface area contributed by atoms with Crippen molar-refractivity contribution in [2.75, 3.05) is 11.9 Å². The van der Waals surface area contributed by atoms with Crippen LogP contribution in [0.5, 0.6) is 5.75 Å². The van der Waals surface area contributed by atoms with Crippen LogP contribution in [-0.2, 0) is 4.79 Å². The first kappa shape index (κ1) is 25.1. The van der Waals surface area contributed by atoms with Crippen molar-refractivity contribution in [2.24, 2.45) is 5.10 Å². The first-order valence-corrected chi connectivity index (χ1v) is 11.4. The molecule has 34 heavy (non-hydrogen) atoms. The number of non-ortho nitro benzene ring substituents is 1. The summed E-state index contributed by atoms with van der Waals surface area (Å²) in [5.41, 5.74) is 4.90. The number of hydrogen-bond donors (Lipinski definition) is 2. The zero-order valence-corrected chi connectivity index (χ0v) is 20.9. The highest BCUT2D eigenvalue weighted by Gasteiger charge is 2.12. The molecule has 0 atom stereocenters. The number of anilines is 1. The second-order valence-corrected chi connectivity index (χ2v) is 8.73. The average Bonchev–Trinajstić information content (AvgIpc) is 2.80. The van der Waals surface area contributed by atoms with E-state index < -0.39 is 10.8 Å². The average molecular weight is 590 g/mol. The second kappa shape index (κ2) is 11.5. The van der Waals surface area contributed by atoms with Gasteiger partial charge in [-0.25, -0.2) is 5.43 Å². The Morgan fingerprint density at radius 3 is 2.26 bits per heavy atom. The molecule has 0 aliphatic heterocycles. The summed E-state index contributed by atoms with van der Waals surface area (Å²) in [6.07, 6.45) is 1.42. The molecular formula is C23H18Br2N4O5. The molecule has 9 nitrogen and oxygen atoms in total. The smallest absolute Gasteiger partial charge is 0.271 e. The highest BCUT2D eigenvalue weighted by Crippen LogP contribution is 2.34. The van der Waals surface area contributed by atoms with Gasteiger partial charge in [-0.3, -0.25) is 19.7 Å². The predicted octanol–water partition coefficient (Wildman–Crippen LogP) is 5.21. The van der Waals surface area contributed by atoms with Gasteiger partial charge < -0.3 is 10.1 Å². The lowest BCUT2D eigenvalue weighted by Crippen LogP contribution is -2.20. The fourth-order valence-electron chi connectivity index (χ4n) is 2.73. The molecule has 0 saturated heterocycles. The number of hydrogen-bond acceptors (Lipinski definition) is 6. The van der Waals surface area contributed by atoms with Gasteiger partial charge in [0.25, 0.3) is 17.5 Å². The monoisotopic (exact) mass is 588 g/mol. The third-order valence-corrected chi connectivity index (χ3v) is 5.60. The SMILES string of the molecule is Cc1ccc(NC(=O)COc2c(Br)cc(/C=N/NC(=O)c3ccc([N+](=O)[O-])cc3)cc2Br)cc1. The second-order valence-electron chi connectivity index (χ2n) is 7.02. The van der Waals surface area contributed by atoms with Crippen LogP contribution >= 0.6 is 31.9 Å². The lowest BCUT2D eigenvalue weighted by molar-refractivity contribution is -0.384. The first-order valence-electron chi connectivity index (χ1n) is 9.79. The number of nitrogens with zero attached hydrogens (tertiary/aromatic N) is 2. The number of halogens is 2. The van der Waals surface area contributed by atoms with Crippen molar-refractivity contribution in [1.82, 2.24) is 5.43 Å². The highest BCUT2D eigenvalue weighted by atomic mass is 79.9. The number of benzene rings is 3. The van der Waals surface area contributed by atoms with Gasteiger partial charge in [-0.05, 0) is 80.7 Å². The van der Waals surface area contributed by atoms with Crippen LogP contribution in [0.2, 0.25) is 0 Å². The minimum Gasteiger partial charge on any atom is -0.481 e. The summed E-state index contributed by atoms with van der Waals surface area (Å²) >= 11 is 6.82. The van der Waals surface area contributed by atoms with E-state index in [4.69, 9.17) is 4.74 Å². The Labute approximate surface area is 211 Å². The zero-order valence-electron chi connectivity index (χ0n) is 17.7. The molecule has 0 unspecified atom stereocenters. The zero-order chi connectivity index (χ0) is 24.7. The van der Waals surface area contributed by atoms with E-state index in [9.17, 15) is 19.7 Å². The van der Waals surface area contributed by atoms with Crippen LogP contribution in [0.4, 0.5) is 11.4 Å². The van der Waals surface area contributed by atoms with E-state index in [1.807, 2.05) is 31.2 Å². The van der Waals surface area contributed by atoms with E-state index in [2.05, 4.69) is 47.7 Å². The molecule has 0 fully saturated rings. The summed E-state index contributed by atoms with van der Waals surface area (Å²) in [6, 6.07) is 16.0. The summed E-state index contributed by atoms with van der Waals surface area (Å²) in [7, 11) is 0. The van der Waals surface area contributed by atoms with Gasteiger partial charge in [0.2, 0.25) is 0 Å². The number of ether oxygens (including phenoxy) is 1. The maximum atomic E-state index is 12.2. The van der Waals surface area contributed by atoms with E-state index in [1.165, 1.54) is 30.5 Å². The minimum atomic E-state index is -0.542. The van der Waals surface area contributed by atoms with Crippen molar-refractivity contribution < 1.29 is 19.2 Å². The molecule has 0 saturated carbocycles. The van der Waals surface area contributed by atoms with E-state index >= 15 is 0 Å². The Morgan fingerprint density at radius 1 is 1.06 bits per heavy atom. The van der Waals surface area contributed by atoms with Gasteiger partial charge in [-0.1, -0.05) is 17.7 Å². The molecule has 0 aliphatic rings. The fourth-order valence-corrected chi connectivity index (χ4v) is 4.18. The van der Waals surface area contributed by atoms with Gasteiger partial charge in [-0.2, -0.15) is 5.10 Å². The Hall–Kier alpha value is -3.57. The number of hydrazone groups is 1. The quantitative estimate of drug-likeness (QED) is 0.212.